The van der Waals surface area contributed by atoms with E-state index in [1.807, 2.05) is 0 Å². The minimum absolute atomic E-state index is 0. The molecule has 17 heavy (non-hydrogen) atoms. The molecular formula is C11H14ClNO4. The number of rotatable bonds is 3. The average molecular weight is 260 g/mol. The van der Waals surface area contributed by atoms with Gasteiger partial charge >= 0.3 is 11.9 Å². The summed E-state index contributed by atoms with van der Waals surface area (Å²) in [5.41, 5.74) is 0.679. The van der Waals surface area contributed by atoms with Crippen molar-refractivity contribution in [1.29, 1.82) is 0 Å². The molecule has 6 heteroatoms. The Balaban J connectivity index is 0.00000256. The molecule has 2 N–H and O–H groups in total. The van der Waals surface area contributed by atoms with E-state index in [9.17, 15) is 9.59 Å². The third kappa shape index (κ3) is 3.44. The van der Waals surface area contributed by atoms with E-state index >= 15 is 0 Å². The summed E-state index contributed by atoms with van der Waals surface area (Å²) in [6.07, 6.45) is 0. The first kappa shape index (κ1) is 15.4. The SMILES string of the molecule is C[N+](C)(C)c1cc(C(=O)O)ccc1C(=O)O.[Cl-]. The van der Waals surface area contributed by atoms with E-state index in [1.54, 1.807) is 21.1 Å². The number of halogens is 1. The van der Waals surface area contributed by atoms with Crippen LogP contribution in [0.5, 0.6) is 0 Å². The lowest BCUT2D eigenvalue weighted by atomic mass is 10.1. The van der Waals surface area contributed by atoms with Crippen molar-refractivity contribution >= 4 is 17.6 Å². The molecule has 0 aliphatic rings. The zero-order valence-electron chi connectivity index (χ0n) is 9.77. The van der Waals surface area contributed by atoms with Crippen LogP contribution in [0.2, 0.25) is 0 Å². The van der Waals surface area contributed by atoms with E-state index in [0.717, 1.165) is 0 Å². The van der Waals surface area contributed by atoms with Crippen LogP contribution in [-0.4, -0.2) is 43.3 Å². The molecule has 1 rings (SSSR count). The molecular weight excluding hydrogens is 246 g/mol. The number of carboxylic acid groups (broad SMARTS) is 2. The minimum Gasteiger partial charge on any atom is -1.00 e. The predicted molar refractivity (Wildman–Crippen MR) is 59.9 cm³/mol. The first-order chi connectivity index (χ1) is 7.23. The fourth-order valence-electron chi connectivity index (χ4n) is 1.40. The first-order valence-corrected chi connectivity index (χ1v) is 4.66. The Kier molecular flexibility index (Phi) is 4.68. The summed E-state index contributed by atoms with van der Waals surface area (Å²) in [5.74, 6) is -2.12. The summed E-state index contributed by atoms with van der Waals surface area (Å²) in [6.45, 7) is 0. The summed E-state index contributed by atoms with van der Waals surface area (Å²) < 4.78 is 0.253. The predicted octanol–water partition coefficient (Wildman–Crippen LogP) is -1.72. The highest BCUT2D eigenvalue weighted by Gasteiger charge is 2.23. The second kappa shape index (κ2) is 5.16. The van der Waals surface area contributed by atoms with Gasteiger partial charge in [-0.1, -0.05) is 0 Å². The number of benzene rings is 1. The quantitative estimate of drug-likeness (QED) is 0.634. The maximum Gasteiger partial charge on any atom is 0.341 e. The van der Waals surface area contributed by atoms with Gasteiger partial charge in [-0.25, -0.2) is 9.59 Å². The van der Waals surface area contributed by atoms with Crippen molar-refractivity contribution < 1.29 is 32.2 Å². The first-order valence-electron chi connectivity index (χ1n) is 4.66. The summed E-state index contributed by atoms with van der Waals surface area (Å²) in [6, 6.07) is 4.02. The maximum atomic E-state index is 11.0. The van der Waals surface area contributed by atoms with Gasteiger partial charge in [0.15, 0.2) is 0 Å². The van der Waals surface area contributed by atoms with Gasteiger partial charge in [0.1, 0.15) is 11.3 Å². The van der Waals surface area contributed by atoms with Crippen molar-refractivity contribution in [3.63, 3.8) is 0 Å². The van der Waals surface area contributed by atoms with Crippen LogP contribution < -0.4 is 16.9 Å². The summed E-state index contributed by atoms with van der Waals surface area (Å²) >= 11 is 0. The van der Waals surface area contributed by atoms with E-state index in [2.05, 4.69) is 0 Å². The van der Waals surface area contributed by atoms with E-state index < -0.39 is 11.9 Å². The molecule has 0 atom stereocenters. The van der Waals surface area contributed by atoms with E-state index in [-0.39, 0.29) is 28.0 Å². The molecule has 0 saturated heterocycles. The highest BCUT2D eigenvalue weighted by atomic mass is 35.5. The van der Waals surface area contributed by atoms with Gasteiger partial charge in [0.05, 0.1) is 26.7 Å². The van der Waals surface area contributed by atoms with Crippen molar-refractivity contribution in [2.45, 2.75) is 0 Å². The van der Waals surface area contributed by atoms with Gasteiger partial charge in [0.2, 0.25) is 0 Å². The van der Waals surface area contributed by atoms with Crippen LogP contribution in [0.15, 0.2) is 18.2 Å². The van der Waals surface area contributed by atoms with Gasteiger partial charge in [0, 0.05) is 6.07 Å². The third-order valence-electron chi connectivity index (χ3n) is 2.20. The smallest absolute Gasteiger partial charge is 0.341 e. The minimum atomic E-state index is -1.06. The standard InChI is InChI=1S/C11H13NO4.ClH/c1-12(2,3)9-6-7(10(13)14)4-5-8(9)11(15)16;/h4-6H,1-3H3,(H-,13,14,15,16);1H. The molecule has 0 heterocycles. The van der Waals surface area contributed by atoms with E-state index in [4.69, 9.17) is 10.2 Å². The number of carbonyl (C=O) groups is 2. The number of hydrogen-bond donors (Lipinski definition) is 2. The lowest BCUT2D eigenvalue weighted by molar-refractivity contribution is -0.0000339. The molecule has 0 amide bonds. The van der Waals surface area contributed by atoms with Gasteiger partial charge < -0.3 is 22.6 Å². The second-order valence-corrected chi connectivity index (χ2v) is 4.35. The molecule has 0 unspecified atom stereocenters. The summed E-state index contributed by atoms with van der Waals surface area (Å²) in [4.78, 5) is 21.8. The van der Waals surface area contributed by atoms with E-state index in [1.165, 1.54) is 18.2 Å². The van der Waals surface area contributed by atoms with Crippen molar-refractivity contribution in [1.82, 2.24) is 4.48 Å². The topological polar surface area (TPSA) is 74.6 Å². The Morgan fingerprint density at radius 1 is 1.06 bits per heavy atom. The van der Waals surface area contributed by atoms with Gasteiger partial charge in [-0.3, -0.25) is 4.48 Å². The van der Waals surface area contributed by atoms with Crippen molar-refractivity contribution in [2.75, 3.05) is 21.1 Å². The van der Waals surface area contributed by atoms with Crippen LogP contribution in [0.1, 0.15) is 20.7 Å². The summed E-state index contributed by atoms with van der Waals surface area (Å²) in [5, 5.41) is 17.9. The van der Waals surface area contributed by atoms with Crippen molar-refractivity contribution in [2.24, 2.45) is 0 Å². The zero-order chi connectivity index (χ0) is 12.5. The lowest BCUT2D eigenvalue weighted by Gasteiger charge is -2.25. The molecule has 0 saturated carbocycles. The Morgan fingerprint density at radius 2 is 1.59 bits per heavy atom. The number of nitrogens with zero attached hydrogens (tertiary/aromatic N) is 1. The molecule has 0 radical (unpaired) electrons. The highest BCUT2D eigenvalue weighted by Crippen LogP contribution is 2.24. The number of hydrogen-bond acceptors (Lipinski definition) is 2. The Bertz CT molecular complexity index is 451. The van der Waals surface area contributed by atoms with Crippen molar-refractivity contribution in [3.05, 3.63) is 29.3 Å². The second-order valence-electron chi connectivity index (χ2n) is 4.35. The lowest BCUT2D eigenvalue weighted by Crippen LogP contribution is -3.00. The normalized spacial score (nSPS) is 10.5. The highest BCUT2D eigenvalue weighted by molar-refractivity contribution is 5.97. The fraction of sp³-hybridized carbons (Fsp3) is 0.273. The Labute approximate surface area is 105 Å². The van der Waals surface area contributed by atoms with Crippen LogP contribution in [0.25, 0.3) is 0 Å². The number of quaternary nitrogens is 1. The molecule has 0 aliphatic heterocycles. The van der Waals surface area contributed by atoms with Gasteiger partial charge in [-0.05, 0) is 12.1 Å². The van der Waals surface area contributed by atoms with Crippen LogP contribution in [0, 0.1) is 0 Å². The fourth-order valence-corrected chi connectivity index (χ4v) is 1.40. The van der Waals surface area contributed by atoms with Gasteiger partial charge in [-0.15, -0.1) is 0 Å². The Morgan fingerprint density at radius 3 is 1.94 bits per heavy atom. The van der Waals surface area contributed by atoms with Crippen LogP contribution >= 0.6 is 0 Å². The van der Waals surface area contributed by atoms with Gasteiger partial charge in [0.25, 0.3) is 0 Å². The average Bonchev–Trinajstić information content (AvgIpc) is 2.15. The van der Waals surface area contributed by atoms with E-state index in [0.29, 0.717) is 5.69 Å². The molecule has 94 valence electrons. The molecule has 0 aliphatic carbocycles. The number of aromatic carboxylic acids is 2. The molecule has 1 aromatic rings. The monoisotopic (exact) mass is 259 g/mol. The number of carboxylic acids is 2. The Hall–Kier alpha value is -1.59. The van der Waals surface area contributed by atoms with Crippen LogP contribution in [-0.2, 0) is 0 Å². The zero-order valence-corrected chi connectivity index (χ0v) is 10.5. The van der Waals surface area contributed by atoms with Gasteiger partial charge in [-0.2, -0.15) is 0 Å². The maximum absolute atomic E-state index is 11.0. The molecule has 0 fully saturated rings. The summed E-state index contributed by atoms with van der Waals surface area (Å²) in [7, 11) is 5.36. The molecule has 0 bridgehead atoms. The largest absolute Gasteiger partial charge is 1.00 e. The molecule has 0 spiro atoms. The molecule has 5 nitrogen and oxygen atoms in total. The van der Waals surface area contributed by atoms with Crippen LogP contribution in [0.4, 0.5) is 5.69 Å². The third-order valence-corrected chi connectivity index (χ3v) is 2.20. The molecule has 1 aromatic carbocycles. The van der Waals surface area contributed by atoms with Crippen LogP contribution in [0.3, 0.4) is 0 Å². The molecule has 0 aromatic heterocycles. The van der Waals surface area contributed by atoms with Crippen molar-refractivity contribution in [3.8, 4) is 0 Å².